The summed E-state index contributed by atoms with van der Waals surface area (Å²) in [7, 11) is 2.86. The third-order valence-corrected chi connectivity index (χ3v) is 4.06. The van der Waals surface area contributed by atoms with Gasteiger partial charge in [-0.1, -0.05) is 23.2 Å². The predicted octanol–water partition coefficient (Wildman–Crippen LogP) is 3.87. The second kappa shape index (κ2) is 9.52. The monoisotopic (exact) mass is 426 g/mol. The number of rotatable bonds is 6. The standard InChI is InChI=1S/C19H20Cl2N2O5/c1-10(2)28-17-14(21)7-11(8-16(17)27-4)18(24)22-23-19(25)13-9-12(20)5-6-15(13)26-3/h5-10H,1-4H3,(H,22,24)(H,23,25). The van der Waals surface area contributed by atoms with Gasteiger partial charge in [-0.05, 0) is 44.2 Å². The fraction of sp³-hybridized carbons (Fsp3) is 0.263. The first-order valence-electron chi connectivity index (χ1n) is 8.25. The second-order valence-electron chi connectivity index (χ2n) is 5.91. The fourth-order valence-electron chi connectivity index (χ4n) is 2.31. The average Bonchev–Trinajstić information content (AvgIpc) is 2.66. The van der Waals surface area contributed by atoms with Crippen molar-refractivity contribution in [2.24, 2.45) is 0 Å². The molecule has 0 aliphatic rings. The summed E-state index contributed by atoms with van der Waals surface area (Å²) in [5.41, 5.74) is 4.98. The summed E-state index contributed by atoms with van der Waals surface area (Å²) in [5, 5.41) is 0.565. The van der Waals surface area contributed by atoms with E-state index in [1.807, 2.05) is 13.8 Å². The lowest BCUT2D eigenvalue weighted by Crippen LogP contribution is -2.41. The minimum atomic E-state index is -0.592. The second-order valence-corrected chi connectivity index (χ2v) is 6.75. The molecular weight excluding hydrogens is 407 g/mol. The maximum absolute atomic E-state index is 12.4. The number of nitrogens with one attached hydrogen (secondary N) is 2. The number of carbonyl (C=O) groups is 2. The predicted molar refractivity (Wildman–Crippen MR) is 107 cm³/mol. The van der Waals surface area contributed by atoms with E-state index in [0.29, 0.717) is 22.3 Å². The normalized spacial score (nSPS) is 10.4. The van der Waals surface area contributed by atoms with E-state index < -0.39 is 11.8 Å². The van der Waals surface area contributed by atoms with Gasteiger partial charge in [-0.3, -0.25) is 20.4 Å². The molecule has 150 valence electrons. The zero-order valence-electron chi connectivity index (χ0n) is 15.8. The molecule has 2 N–H and O–H groups in total. The number of carbonyl (C=O) groups excluding carboxylic acids is 2. The van der Waals surface area contributed by atoms with Crippen LogP contribution in [0.2, 0.25) is 10.0 Å². The van der Waals surface area contributed by atoms with Crippen LogP contribution in [0.3, 0.4) is 0 Å². The highest BCUT2D eigenvalue weighted by Gasteiger charge is 2.18. The molecule has 0 unspecified atom stereocenters. The highest BCUT2D eigenvalue weighted by Crippen LogP contribution is 2.37. The Hall–Kier alpha value is -2.64. The molecule has 0 saturated heterocycles. The third kappa shape index (κ3) is 5.21. The van der Waals surface area contributed by atoms with E-state index in [1.54, 1.807) is 12.1 Å². The lowest BCUT2D eigenvalue weighted by atomic mass is 10.2. The van der Waals surface area contributed by atoms with E-state index in [9.17, 15) is 9.59 Å². The molecule has 0 aromatic heterocycles. The first-order valence-corrected chi connectivity index (χ1v) is 9.00. The summed E-state index contributed by atoms with van der Waals surface area (Å²) >= 11 is 12.1. The van der Waals surface area contributed by atoms with Crippen molar-refractivity contribution in [3.63, 3.8) is 0 Å². The molecule has 7 nitrogen and oxygen atoms in total. The topological polar surface area (TPSA) is 85.9 Å². The molecule has 0 radical (unpaired) electrons. The molecule has 2 rings (SSSR count). The Labute approximate surface area is 172 Å². The van der Waals surface area contributed by atoms with Crippen LogP contribution in [-0.2, 0) is 0 Å². The number of ether oxygens (including phenoxy) is 3. The Morgan fingerprint density at radius 2 is 1.57 bits per heavy atom. The first kappa shape index (κ1) is 21.7. The summed E-state index contributed by atoms with van der Waals surface area (Å²) in [6, 6.07) is 7.45. The quantitative estimate of drug-likeness (QED) is 0.684. The molecule has 0 heterocycles. The van der Waals surface area contributed by atoms with Gasteiger partial charge in [-0.15, -0.1) is 0 Å². The first-order chi connectivity index (χ1) is 13.3. The van der Waals surface area contributed by atoms with Crippen LogP contribution in [0, 0.1) is 0 Å². The third-order valence-electron chi connectivity index (χ3n) is 3.54. The van der Waals surface area contributed by atoms with Gasteiger partial charge in [0.25, 0.3) is 11.8 Å². The molecule has 0 atom stereocenters. The van der Waals surface area contributed by atoms with Crippen molar-refractivity contribution in [3.8, 4) is 17.2 Å². The van der Waals surface area contributed by atoms with Gasteiger partial charge in [0.05, 0.1) is 30.9 Å². The molecule has 0 aliphatic carbocycles. The van der Waals surface area contributed by atoms with Crippen molar-refractivity contribution < 1.29 is 23.8 Å². The number of hydrogen-bond donors (Lipinski definition) is 2. The van der Waals surface area contributed by atoms with Crippen LogP contribution in [0.25, 0.3) is 0 Å². The van der Waals surface area contributed by atoms with Gasteiger partial charge < -0.3 is 14.2 Å². The lowest BCUT2D eigenvalue weighted by molar-refractivity contribution is 0.0844. The summed E-state index contributed by atoms with van der Waals surface area (Å²) in [6.07, 6.45) is -0.127. The molecule has 2 aromatic carbocycles. The zero-order chi connectivity index (χ0) is 20.8. The maximum Gasteiger partial charge on any atom is 0.273 e. The van der Waals surface area contributed by atoms with Gasteiger partial charge in [0.2, 0.25) is 0 Å². The van der Waals surface area contributed by atoms with Crippen LogP contribution >= 0.6 is 23.2 Å². The van der Waals surface area contributed by atoms with E-state index >= 15 is 0 Å². The molecule has 0 saturated carbocycles. The van der Waals surface area contributed by atoms with Gasteiger partial charge >= 0.3 is 0 Å². The summed E-state index contributed by atoms with van der Waals surface area (Å²) in [4.78, 5) is 24.8. The van der Waals surface area contributed by atoms with Crippen LogP contribution in [0.15, 0.2) is 30.3 Å². The van der Waals surface area contributed by atoms with Crippen LogP contribution in [0.1, 0.15) is 34.6 Å². The van der Waals surface area contributed by atoms with E-state index in [0.717, 1.165) is 0 Å². The number of halogens is 2. The molecule has 0 fully saturated rings. The van der Waals surface area contributed by atoms with Crippen molar-refractivity contribution in [2.45, 2.75) is 20.0 Å². The fourth-order valence-corrected chi connectivity index (χ4v) is 2.74. The van der Waals surface area contributed by atoms with Crippen LogP contribution < -0.4 is 25.1 Å². The van der Waals surface area contributed by atoms with Crippen molar-refractivity contribution in [1.82, 2.24) is 10.9 Å². The minimum Gasteiger partial charge on any atom is -0.496 e. The minimum absolute atomic E-state index is 0.127. The number of hydrogen-bond acceptors (Lipinski definition) is 5. The maximum atomic E-state index is 12.4. The van der Waals surface area contributed by atoms with E-state index in [-0.39, 0.29) is 22.3 Å². The van der Waals surface area contributed by atoms with E-state index in [4.69, 9.17) is 37.4 Å². The highest BCUT2D eigenvalue weighted by atomic mass is 35.5. The highest BCUT2D eigenvalue weighted by molar-refractivity contribution is 6.32. The number of amides is 2. The lowest BCUT2D eigenvalue weighted by Gasteiger charge is -2.16. The Morgan fingerprint density at radius 3 is 2.18 bits per heavy atom. The molecule has 28 heavy (non-hydrogen) atoms. The zero-order valence-corrected chi connectivity index (χ0v) is 17.3. The van der Waals surface area contributed by atoms with Gasteiger partial charge in [0, 0.05) is 10.6 Å². The van der Waals surface area contributed by atoms with Crippen LogP contribution in [0.4, 0.5) is 0 Å². The largest absolute Gasteiger partial charge is 0.496 e. The van der Waals surface area contributed by atoms with Crippen LogP contribution in [0.5, 0.6) is 17.2 Å². The Bertz CT molecular complexity index is 887. The summed E-state index contributed by atoms with van der Waals surface area (Å²) in [5.74, 6) is -0.232. The number of hydrazine groups is 1. The van der Waals surface area contributed by atoms with Crippen molar-refractivity contribution in [1.29, 1.82) is 0 Å². The molecule has 9 heteroatoms. The number of methoxy groups -OCH3 is 2. The molecule has 0 spiro atoms. The van der Waals surface area contributed by atoms with Gasteiger partial charge in [-0.25, -0.2) is 0 Å². The van der Waals surface area contributed by atoms with Crippen molar-refractivity contribution in [3.05, 3.63) is 51.5 Å². The smallest absolute Gasteiger partial charge is 0.273 e. The van der Waals surface area contributed by atoms with Gasteiger partial charge in [0.15, 0.2) is 11.5 Å². The Morgan fingerprint density at radius 1 is 0.929 bits per heavy atom. The Kier molecular flexibility index (Phi) is 7.37. The van der Waals surface area contributed by atoms with Crippen molar-refractivity contribution in [2.75, 3.05) is 14.2 Å². The van der Waals surface area contributed by atoms with Gasteiger partial charge in [-0.2, -0.15) is 0 Å². The Balaban J connectivity index is 2.16. The molecule has 0 bridgehead atoms. The average molecular weight is 427 g/mol. The van der Waals surface area contributed by atoms with Crippen LogP contribution in [-0.4, -0.2) is 32.1 Å². The van der Waals surface area contributed by atoms with E-state index in [2.05, 4.69) is 10.9 Å². The van der Waals surface area contributed by atoms with E-state index in [1.165, 1.54) is 32.4 Å². The SMILES string of the molecule is COc1ccc(Cl)cc1C(=O)NNC(=O)c1cc(Cl)c(OC(C)C)c(OC)c1. The number of benzene rings is 2. The molecule has 2 aromatic rings. The van der Waals surface area contributed by atoms with Crippen molar-refractivity contribution >= 4 is 35.0 Å². The molecule has 2 amide bonds. The summed E-state index contributed by atoms with van der Waals surface area (Å²) < 4.78 is 16.0. The summed E-state index contributed by atoms with van der Waals surface area (Å²) in [6.45, 7) is 3.69. The molecular formula is C19H20Cl2N2O5. The van der Waals surface area contributed by atoms with Gasteiger partial charge in [0.1, 0.15) is 5.75 Å². The molecule has 0 aliphatic heterocycles.